The highest BCUT2D eigenvalue weighted by Gasteiger charge is 2.02. The Morgan fingerprint density at radius 1 is 1.33 bits per heavy atom. The number of nitrogen functional groups attached to an aromatic ring is 1. The highest BCUT2D eigenvalue weighted by molar-refractivity contribution is 5.93. The molecular weight excluding hydrogens is 230 g/mol. The Hall–Kier alpha value is -1.43. The molecule has 0 spiro atoms. The largest absolute Gasteiger partial charge is 0.377 e. The minimum atomic E-state index is -0.284. The lowest BCUT2D eigenvalue weighted by atomic mass is 10.1. The van der Waals surface area contributed by atoms with Crippen LogP contribution >= 0.6 is 0 Å². The molecule has 0 saturated carbocycles. The zero-order valence-corrected chi connectivity index (χ0v) is 11.0. The fraction of sp³-hybridized carbons (Fsp3) is 0.462. The second kappa shape index (κ2) is 7.81. The van der Waals surface area contributed by atoms with Crippen LogP contribution in [0.5, 0.6) is 0 Å². The molecule has 100 valence electrons. The normalized spacial score (nSPS) is 10.7. The maximum atomic E-state index is 11.2. The zero-order valence-electron chi connectivity index (χ0n) is 11.0. The van der Waals surface area contributed by atoms with Crippen molar-refractivity contribution in [3.63, 3.8) is 0 Å². The van der Waals surface area contributed by atoms with E-state index in [9.17, 15) is 4.79 Å². The fourth-order valence-corrected chi connectivity index (χ4v) is 1.51. The quantitative estimate of drug-likeness (QED) is 0.325. The van der Waals surface area contributed by atoms with Gasteiger partial charge in [-0.05, 0) is 44.8 Å². The van der Waals surface area contributed by atoms with Gasteiger partial charge in [0.1, 0.15) is 0 Å². The minimum absolute atomic E-state index is 0.284. The molecule has 3 N–H and O–H groups in total. The molecule has 1 aromatic carbocycles. The molecule has 0 fully saturated rings. The van der Waals surface area contributed by atoms with Crippen LogP contribution < -0.4 is 11.3 Å². The smallest absolute Gasteiger partial charge is 0.265 e. The van der Waals surface area contributed by atoms with E-state index in [0.717, 1.165) is 25.1 Å². The maximum absolute atomic E-state index is 11.2. The second-order valence-corrected chi connectivity index (χ2v) is 4.38. The lowest BCUT2D eigenvalue weighted by Gasteiger charge is -2.09. The van der Waals surface area contributed by atoms with Crippen LogP contribution in [-0.4, -0.2) is 38.1 Å². The molecule has 0 aliphatic heterocycles. The summed E-state index contributed by atoms with van der Waals surface area (Å²) in [4.78, 5) is 13.3. The number of nitrogens with zero attached hydrogens (tertiary/aromatic N) is 1. The SMILES string of the molecule is CN(C)CCCOCc1ccc(C(=O)NN)cc1. The van der Waals surface area contributed by atoms with Crippen LogP contribution in [0.4, 0.5) is 0 Å². The van der Waals surface area contributed by atoms with Gasteiger partial charge in [0.25, 0.3) is 5.91 Å². The summed E-state index contributed by atoms with van der Waals surface area (Å²) in [6, 6.07) is 7.22. The van der Waals surface area contributed by atoms with Crippen molar-refractivity contribution >= 4 is 5.91 Å². The number of nitrogens with one attached hydrogen (secondary N) is 1. The first kappa shape index (κ1) is 14.6. The van der Waals surface area contributed by atoms with Crippen molar-refractivity contribution in [2.75, 3.05) is 27.2 Å². The van der Waals surface area contributed by atoms with Crippen molar-refractivity contribution in [3.05, 3.63) is 35.4 Å². The predicted molar refractivity (Wildman–Crippen MR) is 70.9 cm³/mol. The number of carbonyl (C=O) groups is 1. The topological polar surface area (TPSA) is 67.6 Å². The summed E-state index contributed by atoms with van der Waals surface area (Å²) in [5.74, 6) is 4.77. The fourth-order valence-electron chi connectivity index (χ4n) is 1.51. The maximum Gasteiger partial charge on any atom is 0.265 e. The molecule has 5 heteroatoms. The van der Waals surface area contributed by atoms with Gasteiger partial charge < -0.3 is 9.64 Å². The van der Waals surface area contributed by atoms with Crippen molar-refractivity contribution in [3.8, 4) is 0 Å². The van der Waals surface area contributed by atoms with E-state index in [1.807, 2.05) is 26.2 Å². The molecule has 0 saturated heterocycles. The lowest BCUT2D eigenvalue weighted by Crippen LogP contribution is -2.29. The standard InChI is InChI=1S/C13H21N3O2/c1-16(2)8-3-9-18-10-11-4-6-12(7-5-11)13(17)15-14/h4-7H,3,8-10,14H2,1-2H3,(H,15,17). The predicted octanol–water partition coefficient (Wildman–Crippen LogP) is 0.758. The molecule has 1 rings (SSSR count). The molecule has 0 atom stereocenters. The number of hydrazine groups is 1. The van der Waals surface area contributed by atoms with Crippen molar-refractivity contribution in [2.24, 2.45) is 5.84 Å². The summed E-state index contributed by atoms with van der Waals surface area (Å²) < 4.78 is 5.54. The first-order valence-electron chi connectivity index (χ1n) is 5.96. The molecule has 0 aromatic heterocycles. The van der Waals surface area contributed by atoms with Gasteiger partial charge in [-0.3, -0.25) is 10.2 Å². The number of carbonyl (C=O) groups excluding carboxylic acids is 1. The summed E-state index contributed by atoms with van der Waals surface area (Å²) in [5.41, 5.74) is 3.70. The van der Waals surface area contributed by atoms with E-state index >= 15 is 0 Å². The third-order valence-electron chi connectivity index (χ3n) is 2.51. The number of benzene rings is 1. The van der Waals surface area contributed by atoms with Gasteiger partial charge in [-0.1, -0.05) is 12.1 Å². The first-order chi connectivity index (χ1) is 8.63. The van der Waals surface area contributed by atoms with Gasteiger partial charge in [0.2, 0.25) is 0 Å². The van der Waals surface area contributed by atoms with Gasteiger partial charge in [0.15, 0.2) is 0 Å². The van der Waals surface area contributed by atoms with Crippen LogP contribution in [0.15, 0.2) is 24.3 Å². The number of hydrogen-bond acceptors (Lipinski definition) is 4. The van der Waals surface area contributed by atoms with E-state index in [-0.39, 0.29) is 5.91 Å². The summed E-state index contributed by atoms with van der Waals surface area (Å²) in [7, 11) is 4.09. The van der Waals surface area contributed by atoms with Crippen molar-refractivity contribution in [1.29, 1.82) is 0 Å². The van der Waals surface area contributed by atoms with Crippen LogP contribution in [0.25, 0.3) is 0 Å². The van der Waals surface area contributed by atoms with Gasteiger partial charge in [0.05, 0.1) is 6.61 Å². The number of amides is 1. The van der Waals surface area contributed by atoms with Crippen LogP contribution in [0.3, 0.4) is 0 Å². The Labute approximate surface area is 108 Å². The second-order valence-electron chi connectivity index (χ2n) is 4.38. The van der Waals surface area contributed by atoms with E-state index < -0.39 is 0 Å². The molecule has 0 unspecified atom stereocenters. The van der Waals surface area contributed by atoms with E-state index in [1.165, 1.54) is 0 Å². The Kier molecular flexibility index (Phi) is 6.35. The van der Waals surface area contributed by atoms with Gasteiger partial charge in [0, 0.05) is 12.2 Å². The average Bonchev–Trinajstić information content (AvgIpc) is 2.38. The average molecular weight is 251 g/mol. The summed E-state index contributed by atoms with van der Waals surface area (Å²) >= 11 is 0. The molecule has 0 radical (unpaired) electrons. The summed E-state index contributed by atoms with van der Waals surface area (Å²) in [6.07, 6.45) is 1.01. The van der Waals surface area contributed by atoms with E-state index in [4.69, 9.17) is 10.6 Å². The third kappa shape index (κ3) is 5.27. The summed E-state index contributed by atoms with van der Waals surface area (Å²) in [6.45, 7) is 2.33. The van der Waals surface area contributed by atoms with Crippen molar-refractivity contribution < 1.29 is 9.53 Å². The Morgan fingerprint density at radius 3 is 2.56 bits per heavy atom. The molecule has 0 aliphatic carbocycles. The van der Waals surface area contributed by atoms with Gasteiger partial charge >= 0.3 is 0 Å². The van der Waals surface area contributed by atoms with Crippen LogP contribution in [0, 0.1) is 0 Å². The zero-order chi connectivity index (χ0) is 13.4. The van der Waals surface area contributed by atoms with E-state index in [2.05, 4.69) is 10.3 Å². The van der Waals surface area contributed by atoms with Crippen LogP contribution in [-0.2, 0) is 11.3 Å². The number of rotatable bonds is 7. The molecule has 1 amide bonds. The summed E-state index contributed by atoms with van der Waals surface area (Å²) in [5, 5.41) is 0. The highest BCUT2D eigenvalue weighted by atomic mass is 16.5. The van der Waals surface area contributed by atoms with Gasteiger partial charge in [-0.15, -0.1) is 0 Å². The number of hydrogen-bond donors (Lipinski definition) is 2. The van der Waals surface area contributed by atoms with Gasteiger partial charge in [-0.2, -0.15) is 0 Å². The van der Waals surface area contributed by atoms with Crippen LogP contribution in [0.2, 0.25) is 0 Å². The molecule has 5 nitrogen and oxygen atoms in total. The van der Waals surface area contributed by atoms with E-state index in [1.54, 1.807) is 12.1 Å². The first-order valence-corrected chi connectivity index (χ1v) is 5.96. The minimum Gasteiger partial charge on any atom is -0.377 e. The molecule has 0 aliphatic rings. The Balaban J connectivity index is 2.29. The van der Waals surface area contributed by atoms with Crippen molar-refractivity contribution in [1.82, 2.24) is 10.3 Å². The van der Waals surface area contributed by atoms with Crippen LogP contribution in [0.1, 0.15) is 22.3 Å². The lowest BCUT2D eigenvalue weighted by molar-refractivity contribution is 0.0953. The van der Waals surface area contributed by atoms with Gasteiger partial charge in [-0.25, -0.2) is 5.84 Å². The molecule has 0 heterocycles. The third-order valence-corrected chi connectivity index (χ3v) is 2.51. The molecule has 1 aromatic rings. The Bertz CT molecular complexity index is 363. The monoisotopic (exact) mass is 251 g/mol. The van der Waals surface area contributed by atoms with Crippen molar-refractivity contribution in [2.45, 2.75) is 13.0 Å². The van der Waals surface area contributed by atoms with E-state index in [0.29, 0.717) is 12.2 Å². The Morgan fingerprint density at radius 2 is 2.00 bits per heavy atom. The molecule has 0 bridgehead atoms. The molecular formula is C13H21N3O2. The number of ether oxygens (including phenoxy) is 1. The number of nitrogens with two attached hydrogens (primary N) is 1. The molecule has 18 heavy (non-hydrogen) atoms. The highest BCUT2D eigenvalue weighted by Crippen LogP contribution is 2.05.